The maximum Gasteiger partial charge on any atom is 0.221 e. The molecule has 3 aromatic rings. The third kappa shape index (κ3) is 4.02. The highest BCUT2D eigenvalue weighted by molar-refractivity contribution is 5.77. The first-order chi connectivity index (χ1) is 11.9. The number of aryl methyl sites for hydroxylation is 1. The second-order valence-electron chi connectivity index (χ2n) is 7.22. The number of carbonyl (C=O) groups is 1. The molecule has 0 aliphatic rings. The minimum Gasteiger partial charge on any atom is -0.334 e. The van der Waals surface area contributed by atoms with E-state index in [1.165, 1.54) is 0 Å². The Bertz CT molecular complexity index is 851. The van der Waals surface area contributed by atoms with Crippen LogP contribution in [0.4, 0.5) is 0 Å². The van der Waals surface area contributed by atoms with Gasteiger partial charge >= 0.3 is 0 Å². The molecule has 0 aliphatic heterocycles. The third-order valence-corrected chi connectivity index (χ3v) is 4.10. The third-order valence-electron chi connectivity index (χ3n) is 4.10. The second-order valence-corrected chi connectivity index (χ2v) is 7.22. The topological polar surface area (TPSA) is 72.7 Å². The summed E-state index contributed by atoms with van der Waals surface area (Å²) in [5, 5.41) is 11.6. The van der Waals surface area contributed by atoms with E-state index in [1.54, 1.807) is 17.1 Å². The number of amides is 1. The van der Waals surface area contributed by atoms with Gasteiger partial charge in [-0.3, -0.25) is 9.78 Å². The molecule has 3 rings (SSSR count). The van der Waals surface area contributed by atoms with Crippen LogP contribution >= 0.6 is 0 Å². The normalized spacial score (nSPS) is 12.9. The van der Waals surface area contributed by atoms with Crippen molar-refractivity contribution >= 4 is 16.9 Å². The van der Waals surface area contributed by atoms with E-state index in [9.17, 15) is 4.79 Å². The lowest BCUT2D eigenvalue weighted by Crippen LogP contribution is -2.41. The van der Waals surface area contributed by atoms with E-state index >= 15 is 0 Å². The maximum absolute atomic E-state index is 12.5. The number of pyridine rings is 1. The largest absolute Gasteiger partial charge is 0.334 e. The average molecular weight is 337 g/mol. The van der Waals surface area contributed by atoms with E-state index in [-0.39, 0.29) is 17.5 Å². The molecule has 1 N–H and O–H groups in total. The zero-order valence-corrected chi connectivity index (χ0v) is 14.8. The number of rotatable bonds is 5. The van der Waals surface area contributed by atoms with Crippen molar-refractivity contribution in [1.29, 1.82) is 0 Å². The molecule has 0 spiro atoms. The van der Waals surface area contributed by atoms with Gasteiger partial charge in [-0.2, -0.15) is 0 Å². The highest BCUT2D eigenvalue weighted by atomic mass is 16.1. The van der Waals surface area contributed by atoms with Crippen LogP contribution in [0.2, 0.25) is 0 Å². The fourth-order valence-corrected chi connectivity index (χ4v) is 2.75. The summed E-state index contributed by atoms with van der Waals surface area (Å²) < 4.78 is 1.80. The Kier molecular flexibility index (Phi) is 4.79. The quantitative estimate of drug-likeness (QED) is 0.776. The van der Waals surface area contributed by atoms with Gasteiger partial charge in [0.2, 0.25) is 5.91 Å². The zero-order chi connectivity index (χ0) is 17.9. The Morgan fingerprint density at radius 1 is 1.20 bits per heavy atom. The number of nitrogens with zero attached hydrogens (tertiary/aromatic N) is 4. The SMILES string of the molecule is CC(C)(C)C(NC(=O)CCc1cccnc1)n1nnc2ccccc21. The predicted octanol–water partition coefficient (Wildman–Crippen LogP) is 3.12. The summed E-state index contributed by atoms with van der Waals surface area (Å²) in [7, 11) is 0. The standard InChI is InChI=1S/C19H23N5O/c1-19(2,3)18(24-16-9-5-4-8-15(16)22-23-24)21-17(25)11-10-14-7-6-12-20-13-14/h4-9,12-13,18H,10-11H2,1-3H3,(H,21,25). The lowest BCUT2D eigenvalue weighted by atomic mass is 9.92. The van der Waals surface area contributed by atoms with Gasteiger partial charge < -0.3 is 5.32 Å². The Morgan fingerprint density at radius 3 is 2.72 bits per heavy atom. The van der Waals surface area contributed by atoms with Crippen LogP contribution in [-0.4, -0.2) is 25.9 Å². The fraction of sp³-hybridized carbons (Fsp3) is 0.368. The second kappa shape index (κ2) is 7.01. The molecule has 0 aliphatic carbocycles. The number of benzene rings is 1. The van der Waals surface area contributed by atoms with Gasteiger partial charge in [-0.1, -0.05) is 44.2 Å². The Labute approximate surface area is 147 Å². The Balaban J connectivity index is 1.77. The van der Waals surface area contributed by atoms with Crippen molar-refractivity contribution in [3.8, 4) is 0 Å². The monoisotopic (exact) mass is 337 g/mol. The molecule has 0 saturated heterocycles. The van der Waals surface area contributed by atoms with E-state index in [4.69, 9.17) is 0 Å². The van der Waals surface area contributed by atoms with Crippen LogP contribution in [-0.2, 0) is 11.2 Å². The van der Waals surface area contributed by atoms with Crippen molar-refractivity contribution < 1.29 is 4.79 Å². The molecule has 0 fully saturated rings. The van der Waals surface area contributed by atoms with Gasteiger partial charge in [0.15, 0.2) is 0 Å². The molecule has 1 amide bonds. The summed E-state index contributed by atoms with van der Waals surface area (Å²) >= 11 is 0. The summed E-state index contributed by atoms with van der Waals surface area (Å²) in [6, 6.07) is 11.6. The fourth-order valence-electron chi connectivity index (χ4n) is 2.75. The van der Waals surface area contributed by atoms with Gasteiger partial charge in [0, 0.05) is 24.2 Å². The van der Waals surface area contributed by atoms with Crippen molar-refractivity contribution in [3.63, 3.8) is 0 Å². The van der Waals surface area contributed by atoms with Crippen LogP contribution in [0.25, 0.3) is 11.0 Å². The molecule has 1 unspecified atom stereocenters. The Hall–Kier alpha value is -2.76. The number of hydrogen-bond acceptors (Lipinski definition) is 4. The average Bonchev–Trinajstić information content (AvgIpc) is 3.01. The van der Waals surface area contributed by atoms with Gasteiger partial charge in [-0.25, -0.2) is 4.68 Å². The van der Waals surface area contributed by atoms with Crippen molar-refractivity contribution in [2.45, 2.75) is 39.8 Å². The van der Waals surface area contributed by atoms with Crippen LogP contribution in [0.3, 0.4) is 0 Å². The van der Waals surface area contributed by atoms with E-state index in [0.717, 1.165) is 16.6 Å². The number of carbonyl (C=O) groups excluding carboxylic acids is 1. The number of nitrogens with one attached hydrogen (secondary N) is 1. The molecule has 6 heteroatoms. The molecule has 1 atom stereocenters. The van der Waals surface area contributed by atoms with Crippen LogP contribution in [0.5, 0.6) is 0 Å². The van der Waals surface area contributed by atoms with Crippen LogP contribution < -0.4 is 5.32 Å². The van der Waals surface area contributed by atoms with Crippen molar-refractivity contribution in [2.24, 2.45) is 5.41 Å². The molecule has 130 valence electrons. The van der Waals surface area contributed by atoms with Crippen LogP contribution in [0.1, 0.15) is 38.9 Å². The summed E-state index contributed by atoms with van der Waals surface area (Å²) in [5.41, 5.74) is 2.58. The molecule has 0 saturated carbocycles. The van der Waals surface area contributed by atoms with Gasteiger partial charge in [-0.05, 0) is 30.2 Å². The van der Waals surface area contributed by atoms with Crippen molar-refractivity contribution in [2.75, 3.05) is 0 Å². The number of para-hydroxylation sites is 1. The highest BCUT2D eigenvalue weighted by Gasteiger charge is 2.30. The van der Waals surface area contributed by atoms with Gasteiger partial charge in [-0.15, -0.1) is 5.10 Å². The molecular weight excluding hydrogens is 314 g/mol. The minimum atomic E-state index is -0.277. The molecule has 25 heavy (non-hydrogen) atoms. The van der Waals surface area contributed by atoms with E-state index in [2.05, 4.69) is 41.4 Å². The first-order valence-electron chi connectivity index (χ1n) is 8.43. The van der Waals surface area contributed by atoms with Crippen LogP contribution in [0.15, 0.2) is 48.8 Å². The van der Waals surface area contributed by atoms with Crippen molar-refractivity contribution in [3.05, 3.63) is 54.4 Å². The molecule has 2 aromatic heterocycles. The molecule has 6 nitrogen and oxygen atoms in total. The summed E-state index contributed by atoms with van der Waals surface area (Å²) in [4.78, 5) is 16.6. The van der Waals surface area contributed by atoms with E-state index in [1.807, 2.05) is 36.4 Å². The predicted molar refractivity (Wildman–Crippen MR) is 96.7 cm³/mol. The van der Waals surface area contributed by atoms with E-state index < -0.39 is 0 Å². The van der Waals surface area contributed by atoms with Gasteiger partial charge in [0.05, 0.1) is 5.52 Å². The highest BCUT2D eigenvalue weighted by Crippen LogP contribution is 2.30. The number of aromatic nitrogens is 4. The molecule has 0 bridgehead atoms. The first-order valence-corrected chi connectivity index (χ1v) is 8.43. The summed E-state index contributed by atoms with van der Waals surface area (Å²) in [6.07, 6.45) is 4.31. The van der Waals surface area contributed by atoms with Crippen LogP contribution in [0, 0.1) is 5.41 Å². The minimum absolute atomic E-state index is 0.0108. The first kappa shape index (κ1) is 17.1. The number of fused-ring (bicyclic) bond motifs is 1. The van der Waals surface area contributed by atoms with Crippen molar-refractivity contribution in [1.82, 2.24) is 25.3 Å². The lowest BCUT2D eigenvalue weighted by Gasteiger charge is -2.31. The summed E-state index contributed by atoms with van der Waals surface area (Å²) in [5.74, 6) is -0.0108. The van der Waals surface area contributed by atoms with Gasteiger partial charge in [0.25, 0.3) is 0 Å². The maximum atomic E-state index is 12.5. The molecule has 1 aromatic carbocycles. The van der Waals surface area contributed by atoms with E-state index in [0.29, 0.717) is 12.8 Å². The summed E-state index contributed by atoms with van der Waals surface area (Å²) in [6.45, 7) is 6.24. The lowest BCUT2D eigenvalue weighted by molar-refractivity contribution is -0.123. The van der Waals surface area contributed by atoms with Gasteiger partial charge in [0.1, 0.15) is 11.7 Å². The smallest absolute Gasteiger partial charge is 0.221 e. The molecule has 2 heterocycles. The number of hydrogen-bond donors (Lipinski definition) is 1. The Morgan fingerprint density at radius 2 is 2.00 bits per heavy atom. The molecule has 0 radical (unpaired) electrons. The molecular formula is C19H23N5O. The zero-order valence-electron chi connectivity index (χ0n) is 14.8.